The van der Waals surface area contributed by atoms with Crippen LogP contribution in [0.5, 0.6) is 0 Å². The van der Waals surface area contributed by atoms with Crippen molar-refractivity contribution in [2.24, 2.45) is 5.84 Å². The highest BCUT2D eigenvalue weighted by atomic mass is 16.3. The van der Waals surface area contributed by atoms with Crippen molar-refractivity contribution in [3.8, 4) is 0 Å². The smallest absolute Gasteiger partial charge is 0.291 e. The lowest BCUT2D eigenvalue weighted by Gasteiger charge is -2.07. The predicted molar refractivity (Wildman–Crippen MR) is 88.0 cm³/mol. The number of amides is 3. The Kier molecular flexibility index (Phi) is 5.69. The van der Waals surface area contributed by atoms with Gasteiger partial charge in [0.25, 0.3) is 5.91 Å². The van der Waals surface area contributed by atoms with Gasteiger partial charge in [0, 0.05) is 24.2 Å². The van der Waals surface area contributed by atoms with Crippen LogP contribution in [0.1, 0.15) is 29.2 Å². The predicted octanol–water partition coefficient (Wildman–Crippen LogP) is 1.55. The van der Waals surface area contributed by atoms with Gasteiger partial charge in [-0.05, 0) is 43.3 Å². The van der Waals surface area contributed by atoms with Crippen molar-refractivity contribution < 1.29 is 18.8 Å². The van der Waals surface area contributed by atoms with Gasteiger partial charge < -0.3 is 15.1 Å². The average molecular weight is 330 g/mol. The molecule has 8 nitrogen and oxygen atoms in total. The van der Waals surface area contributed by atoms with Crippen LogP contribution in [-0.2, 0) is 9.59 Å². The Morgan fingerprint density at radius 3 is 2.04 bits per heavy atom. The Morgan fingerprint density at radius 1 is 0.917 bits per heavy atom. The molecule has 5 N–H and O–H groups in total. The number of carbonyl (C=O) groups is 3. The van der Waals surface area contributed by atoms with Gasteiger partial charge in [-0.15, -0.1) is 0 Å². The van der Waals surface area contributed by atoms with Gasteiger partial charge in [-0.2, -0.15) is 0 Å². The highest BCUT2D eigenvalue weighted by Gasteiger charge is 2.10. The van der Waals surface area contributed by atoms with Crippen LogP contribution in [0, 0.1) is 6.92 Å². The highest BCUT2D eigenvalue weighted by Crippen LogP contribution is 2.16. The maximum absolute atomic E-state index is 11.9. The summed E-state index contributed by atoms with van der Waals surface area (Å²) in [4.78, 5) is 34.6. The number of rotatable bonds is 6. The third-order valence-electron chi connectivity index (χ3n) is 3.13. The molecule has 0 unspecified atom stereocenters. The monoisotopic (exact) mass is 330 g/mol. The van der Waals surface area contributed by atoms with Crippen LogP contribution >= 0.6 is 0 Å². The molecule has 2 rings (SSSR count). The van der Waals surface area contributed by atoms with Gasteiger partial charge >= 0.3 is 0 Å². The quantitative estimate of drug-likeness (QED) is 0.363. The molecular weight excluding hydrogens is 312 g/mol. The fourth-order valence-electron chi connectivity index (χ4n) is 1.91. The van der Waals surface area contributed by atoms with Crippen LogP contribution < -0.4 is 21.9 Å². The molecule has 3 amide bonds. The maximum atomic E-state index is 11.9. The summed E-state index contributed by atoms with van der Waals surface area (Å²) in [6.45, 7) is 1.76. The topological polar surface area (TPSA) is 126 Å². The lowest BCUT2D eigenvalue weighted by molar-refractivity contribution is -0.124. The number of carbonyl (C=O) groups excluding carboxylic acids is 3. The minimum Gasteiger partial charge on any atom is -0.456 e. The average Bonchev–Trinajstić information content (AvgIpc) is 3.01. The summed E-state index contributed by atoms with van der Waals surface area (Å²) in [7, 11) is 0. The number of hydrazine groups is 1. The summed E-state index contributed by atoms with van der Waals surface area (Å²) in [5, 5.41) is 5.33. The van der Waals surface area contributed by atoms with E-state index in [2.05, 4.69) is 10.6 Å². The molecule has 0 saturated heterocycles. The first kappa shape index (κ1) is 17.2. The molecule has 0 aliphatic carbocycles. The molecule has 1 aromatic carbocycles. The summed E-state index contributed by atoms with van der Waals surface area (Å²) in [6.07, 6.45) is 0.0401. The first-order chi connectivity index (χ1) is 11.5. The largest absolute Gasteiger partial charge is 0.456 e. The van der Waals surface area contributed by atoms with Crippen molar-refractivity contribution in [2.45, 2.75) is 19.8 Å². The van der Waals surface area contributed by atoms with Crippen molar-refractivity contribution in [1.82, 2.24) is 5.43 Å². The molecule has 1 heterocycles. The maximum Gasteiger partial charge on any atom is 0.291 e. The normalized spacial score (nSPS) is 10.1. The number of aryl methyl sites for hydroxylation is 1. The molecule has 0 saturated carbocycles. The minimum absolute atomic E-state index is 0.0129. The molecule has 0 radical (unpaired) electrons. The zero-order valence-corrected chi connectivity index (χ0v) is 13.1. The van der Waals surface area contributed by atoms with Gasteiger partial charge in [0.1, 0.15) is 5.76 Å². The lowest BCUT2D eigenvalue weighted by Crippen LogP contribution is -2.30. The Labute approximate surface area is 138 Å². The fourth-order valence-corrected chi connectivity index (χ4v) is 1.91. The molecule has 0 bridgehead atoms. The minimum atomic E-state index is -0.406. The van der Waals surface area contributed by atoms with Crippen molar-refractivity contribution in [1.29, 1.82) is 0 Å². The molecule has 8 heteroatoms. The SMILES string of the molecule is Cc1ccc(C(=O)Nc2ccc(NC(=O)CCC(=O)NN)cc2)o1. The van der Waals surface area contributed by atoms with Crippen LogP contribution in [0.15, 0.2) is 40.8 Å². The zero-order chi connectivity index (χ0) is 17.5. The molecule has 0 aliphatic rings. The van der Waals surface area contributed by atoms with Crippen molar-refractivity contribution in [3.63, 3.8) is 0 Å². The van der Waals surface area contributed by atoms with Gasteiger partial charge in [0.05, 0.1) is 0 Å². The number of hydrogen-bond donors (Lipinski definition) is 4. The number of furan rings is 1. The van der Waals surface area contributed by atoms with E-state index in [0.29, 0.717) is 17.1 Å². The molecule has 0 atom stereocenters. The van der Waals surface area contributed by atoms with E-state index in [0.717, 1.165) is 0 Å². The van der Waals surface area contributed by atoms with Crippen molar-refractivity contribution in [3.05, 3.63) is 47.9 Å². The second-order valence-electron chi connectivity index (χ2n) is 5.06. The molecule has 24 heavy (non-hydrogen) atoms. The third-order valence-corrected chi connectivity index (χ3v) is 3.13. The summed E-state index contributed by atoms with van der Waals surface area (Å²) >= 11 is 0. The van der Waals surface area contributed by atoms with Gasteiger partial charge in [-0.1, -0.05) is 0 Å². The van der Waals surface area contributed by atoms with Gasteiger partial charge in [-0.25, -0.2) is 5.84 Å². The fraction of sp³-hybridized carbons (Fsp3) is 0.188. The number of anilines is 2. The van der Waals surface area contributed by atoms with Crippen LogP contribution in [0.2, 0.25) is 0 Å². The standard InChI is InChI=1S/C16H18N4O4/c1-10-2-7-13(24-10)16(23)19-12-5-3-11(4-6-12)18-14(21)8-9-15(22)20-17/h2-7H,8-9,17H2,1H3,(H,18,21)(H,19,23)(H,20,22). The van der Waals surface area contributed by atoms with E-state index in [1.807, 2.05) is 5.43 Å². The molecule has 0 fully saturated rings. The first-order valence-electron chi connectivity index (χ1n) is 7.25. The van der Waals surface area contributed by atoms with Crippen molar-refractivity contribution >= 4 is 29.1 Å². The summed E-state index contributed by atoms with van der Waals surface area (Å²) in [5.74, 6) is 4.75. The van der Waals surface area contributed by atoms with Crippen LogP contribution in [0.3, 0.4) is 0 Å². The molecule has 1 aromatic heterocycles. The van der Waals surface area contributed by atoms with Crippen LogP contribution in [-0.4, -0.2) is 17.7 Å². The Hall–Kier alpha value is -3.13. The Morgan fingerprint density at radius 2 is 1.50 bits per heavy atom. The molecule has 0 spiro atoms. The number of nitrogens with one attached hydrogen (secondary N) is 3. The van der Waals surface area contributed by atoms with E-state index in [9.17, 15) is 14.4 Å². The first-order valence-corrected chi connectivity index (χ1v) is 7.25. The molecule has 0 aliphatic heterocycles. The summed E-state index contributed by atoms with van der Waals surface area (Å²) in [5.41, 5.74) is 3.08. The molecular formula is C16H18N4O4. The van der Waals surface area contributed by atoms with E-state index in [1.54, 1.807) is 43.3 Å². The zero-order valence-electron chi connectivity index (χ0n) is 13.1. The molecule has 2 aromatic rings. The molecule has 126 valence electrons. The van der Waals surface area contributed by atoms with Crippen molar-refractivity contribution in [2.75, 3.05) is 10.6 Å². The van der Waals surface area contributed by atoms with Gasteiger partial charge in [0.15, 0.2) is 5.76 Å². The number of benzene rings is 1. The summed E-state index contributed by atoms with van der Waals surface area (Å²) < 4.78 is 5.24. The van der Waals surface area contributed by atoms with E-state index >= 15 is 0 Å². The second-order valence-corrected chi connectivity index (χ2v) is 5.06. The highest BCUT2D eigenvalue weighted by molar-refractivity contribution is 6.02. The van der Waals surface area contributed by atoms with Crippen LogP contribution in [0.25, 0.3) is 0 Å². The Bertz CT molecular complexity index is 737. The van der Waals surface area contributed by atoms with E-state index < -0.39 is 5.91 Å². The lowest BCUT2D eigenvalue weighted by atomic mass is 10.2. The van der Waals surface area contributed by atoms with E-state index in [1.165, 1.54) is 0 Å². The van der Waals surface area contributed by atoms with Crippen LogP contribution in [0.4, 0.5) is 11.4 Å². The van der Waals surface area contributed by atoms with Gasteiger partial charge in [-0.3, -0.25) is 19.8 Å². The van der Waals surface area contributed by atoms with E-state index in [4.69, 9.17) is 10.3 Å². The van der Waals surface area contributed by atoms with Gasteiger partial charge in [0.2, 0.25) is 11.8 Å². The second kappa shape index (κ2) is 7.93. The van der Waals surface area contributed by atoms with E-state index in [-0.39, 0.29) is 30.4 Å². The Balaban J connectivity index is 1.87. The number of hydrogen-bond acceptors (Lipinski definition) is 5. The summed E-state index contributed by atoms with van der Waals surface area (Å²) in [6, 6.07) is 9.88. The number of nitrogens with two attached hydrogens (primary N) is 1. The third kappa shape index (κ3) is 4.96.